The van der Waals surface area contributed by atoms with Gasteiger partial charge in [0.1, 0.15) is 6.04 Å². The number of nitrogens with one attached hydrogen (secondary N) is 2. The van der Waals surface area contributed by atoms with Crippen molar-refractivity contribution < 1.29 is 14.7 Å². The topological polar surface area (TPSA) is 78.4 Å². The second-order valence-electron chi connectivity index (χ2n) is 5.60. The van der Waals surface area contributed by atoms with Crippen molar-refractivity contribution in [1.29, 1.82) is 0 Å². The molecule has 1 saturated carbocycles. The minimum atomic E-state index is -0.378. The van der Waals surface area contributed by atoms with E-state index in [4.69, 9.17) is 0 Å². The van der Waals surface area contributed by atoms with Crippen LogP contribution in [0, 0.1) is 5.41 Å². The van der Waals surface area contributed by atoms with Crippen molar-refractivity contribution in [2.45, 2.75) is 51.0 Å². The molecule has 2 fully saturated rings. The van der Waals surface area contributed by atoms with Crippen LogP contribution in [0.25, 0.3) is 0 Å². The summed E-state index contributed by atoms with van der Waals surface area (Å²) in [5.41, 5.74) is -0.142. The van der Waals surface area contributed by atoms with E-state index in [-0.39, 0.29) is 29.9 Å². The maximum Gasteiger partial charge on any atom is 0.242 e. The summed E-state index contributed by atoms with van der Waals surface area (Å²) in [6.07, 6.45) is 6.42. The van der Waals surface area contributed by atoms with Crippen LogP contribution in [-0.2, 0) is 9.59 Å². The number of hydrogen-bond donors (Lipinski definition) is 3. The van der Waals surface area contributed by atoms with E-state index in [0.717, 1.165) is 25.7 Å². The largest absolute Gasteiger partial charge is 0.396 e. The van der Waals surface area contributed by atoms with E-state index in [2.05, 4.69) is 10.6 Å². The third-order valence-corrected chi connectivity index (χ3v) is 4.20. The van der Waals surface area contributed by atoms with Gasteiger partial charge in [-0.1, -0.05) is 19.3 Å². The number of aliphatic hydroxyl groups is 1. The van der Waals surface area contributed by atoms with Crippen LogP contribution < -0.4 is 10.6 Å². The minimum absolute atomic E-state index is 0.0512. The quantitative estimate of drug-likeness (QED) is 0.676. The molecule has 3 N–H and O–H groups in total. The fourth-order valence-electron chi connectivity index (χ4n) is 2.90. The van der Waals surface area contributed by atoms with E-state index in [9.17, 15) is 14.7 Å². The Morgan fingerprint density at radius 1 is 1.39 bits per heavy atom. The van der Waals surface area contributed by atoms with Crippen molar-refractivity contribution in [2.75, 3.05) is 13.2 Å². The first-order valence-electron chi connectivity index (χ1n) is 6.83. The molecule has 2 amide bonds. The van der Waals surface area contributed by atoms with Crippen LogP contribution in [0.5, 0.6) is 0 Å². The van der Waals surface area contributed by atoms with Gasteiger partial charge >= 0.3 is 0 Å². The number of hydrogen-bond acceptors (Lipinski definition) is 3. The molecule has 18 heavy (non-hydrogen) atoms. The molecule has 0 aromatic rings. The van der Waals surface area contributed by atoms with Gasteiger partial charge in [0.15, 0.2) is 0 Å². The van der Waals surface area contributed by atoms with Crippen molar-refractivity contribution in [2.24, 2.45) is 5.41 Å². The molecule has 2 aliphatic rings. The van der Waals surface area contributed by atoms with Crippen molar-refractivity contribution in [3.63, 3.8) is 0 Å². The highest BCUT2D eigenvalue weighted by Gasteiger charge is 2.33. The molecule has 2 rings (SSSR count). The van der Waals surface area contributed by atoms with Crippen LogP contribution in [0.2, 0.25) is 0 Å². The molecule has 0 bridgehead atoms. The van der Waals surface area contributed by atoms with Crippen LogP contribution in [-0.4, -0.2) is 36.1 Å². The lowest BCUT2D eigenvalue weighted by Crippen LogP contribution is -2.47. The zero-order chi connectivity index (χ0) is 13.0. The first kappa shape index (κ1) is 13.3. The monoisotopic (exact) mass is 254 g/mol. The molecule has 0 aromatic heterocycles. The number of carbonyl (C=O) groups is 2. The van der Waals surface area contributed by atoms with Gasteiger partial charge < -0.3 is 15.7 Å². The summed E-state index contributed by atoms with van der Waals surface area (Å²) in [6, 6.07) is -0.378. The molecule has 1 atom stereocenters. The maximum atomic E-state index is 11.9. The van der Waals surface area contributed by atoms with E-state index in [0.29, 0.717) is 19.4 Å². The maximum absolute atomic E-state index is 11.9. The lowest BCUT2D eigenvalue weighted by atomic mass is 9.74. The summed E-state index contributed by atoms with van der Waals surface area (Å²) in [5.74, 6) is -0.163. The zero-order valence-electron chi connectivity index (χ0n) is 10.7. The van der Waals surface area contributed by atoms with Crippen molar-refractivity contribution >= 4 is 11.8 Å². The number of rotatable bonds is 4. The smallest absolute Gasteiger partial charge is 0.242 e. The third kappa shape index (κ3) is 3.02. The Morgan fingerprint density at radius 3 is 2.67 bits per heavy atom. The van der Waals surface area contributed by atoms with Crippen LogP contribution in [0.15, 0.2) is 0 Å². The molecule has 102 valence electrons. The normalized spacial score (nSPS) is 26.7. The van der Waals surface area contributed by atoms with Gasteiger partial charge in [0.05, 0.1) is 6.61 Å². The van der Waals surface area contributed by atoms with Gasteiger partial charge in [-0.05, 0) is 19.3 Å². The minimum Gasteiger partial charge on any atom is -0.396 e. The third-order valence-electron chi connectivity index (χ3n) is 4.20. The highest BCUT2D eigenvalue weighted by Crippen LogP contribution is 2.35. The first-order valence-corrected chi connectivity index (χ1v) is 6.83. The summed E-state index contributed by atoms with van der Waals surface area (Å²) in [6.45, 7) is 0.652. The van der Waals surface area contributed by atoms with Gasteiger partial charge in [0.25, 0.3) is 0 Å². The Morgan fingerprint density at radius 2 is 2.11 bits per heavy atom. The summed E-state index contributed by atoms with van der Waals surface area (Å²) >= 11 is 0. The van der Waals surface area contributed by atoms with Gasteiger partial charge in [-0.2, -0.15) is 0 Å². The molecule has 0 radical (unpaired) electrons. The zero-order valence-corrected chi connectivity index (χ0v) is 10.7. The van der Waals surface area contributed by atoms with Gasteiger partial charge in [-0.25, -0.2) is 0 Å². The highest BCUT2D eigenvalue weighted by atomic mass is 16.3. The lowest BCUT2D eigenvalue weighted by Gasteiger charge is -2.35. The molecule has 1 aliphatic carbocycles. The van der Waals surface area contributed by atoms with E-state index in [1.807, 2.05) is 0 Å². The number of aliphatic hydroxyl groups excluding tert-OH is 1. The molecule has 0 spiro atoms. The molecule has 1 heterocycles. The molecule has 1 aliphatic heterocycles. The van der Waals surface area contributed by atoms with Crippen LogP contribution >= 0.6 is 0 Å². The predicted molar refractivity (Wildman–Crippen MR) is 66.8 cm³/mol. The molecule has 1 unspecified atom stereocenters. The Hall–Kier alpha value is -1.10. The Bertz CT molecular complexity index is 324. The van der Waals surface area contributed by atoms with Gasteiger partial charge in [-0.3, -0.25) is 9.59 Å². The molecular formula is C13H22N2O3. The average molecular weight is 254 g/mol. The predicted octanol–water partition coefficient (Wildman–Crippen LogP) is 0.324. The van der Waals surface area contributed by atoms with Crippen LogP contribution in [0.4, 0.5) is 0 Å². The standard InChI is InChI=1S/C13H22N2O3/c16-9-13(6-2-1-3-7-13)8-14-12(18)10-4-5-11(17)15-10/h10,16H,1-9H2,(H,14,18)(H,15,17). The lowest BCUT2D eigenvalue weighted by molar-refractivity contribution is -0.126. The second-order valence-corrected chi connectivity index (χ2v) is 5.60. The van der Waals surface area contributed by atoms with Crippen molar-refractivity contribution in [3.05, 3.63) is 0 Å². The summed E-state index contributed by atoms with van der Waals surface area (Å²) in [7, 11) is 0. The van der Waals surface area contributed by atoms with Crippen LogP contribution in [0.3, 0.4) is 0 Å². The summed E-state index contributed by atoms with van der Waals surface area (Å²) in [4.78, 5) is 22.9. The van der Waals surface area contributed by atoms with Crippen molar-refractivity contribution in [3.8, 4) is 0 Å². The molecule has 0 aromatic carbocycles. The Labute approximate surface area is 107 Å². The number of carbonyl (C=O) groups excluding carboxylic acids is 2. The van der Waals surface area contributed by atoms with Crippen molar-refractivity contribution in [1.82, 2.24) is 10.6 Å². The van der Waals surface area contributed by atoms with E-state index < -0.39 is 0 Å². The summed E-state index contributed by atoms with van der Waals surface area (Å²) < 4.78 is 0. The summed E-state index contributed by atoms with van der Waals surface area (Å²) in [5, 5.41) is 15.1. The number of amides is 2. The fourth-order valence-corrected chi connectivity index (χ4v) is 2.90. The molecule has 5 heteroatoms. The molecular weight excluding hydrogens is 232 g/mol. The highest BCUT2D eigenvalue weighted by molar-refractivity contribution is 5.90. The second kappa shape index (κ2) is 5.69. The Balaban J connectivity index is 1.82. The van der Waals surface area contributed by atoms with Crippen LogP contribution in [0.1, 0.15) is 44.9 Å². The SMILES string of the molecule is O=C1CCC(C(=O)NCC2(CO)CCCCC2)N1. The van der Waals surface area contributed by atoms with Gasteiger partial charge in [0.2, 0.25) is 11.8 Å². The van der Waals surface area contributed by atoms with E-state index >= 15 is 0 Å². The van der Waals surface area contributed by atoms with Gasteiger partial charge in [0, 0.05) is 18.4 Å². The molecule has 1 saturated heterocycles. The van der Waals surface area contributed by atoms with Gasteiger partial charge in [-0.15, -0.1) is 0 Å². The van der Waals surface area contributed by atoms with E-state index in [1.54, 1.807) is 0 Å². The molecule has 5 nitrogen and oxygen atoms in total. The first-order chi connectivity index (χ1) is 8.65. The Kier molecular flexibility index (Phi) is 4.22. The average Bonchev–Trinajstić information content (AvgIpc) is 2.84. The van der Waals surface area contributed by atoms with E-state index in [1.165, 1.54) is 6.42 Å². The fraction of sp³-hybridized carbons (Fsp3) is 0.846.